The van der Waals surface area contributed by atoms with Gasteiger partial charge in [-0.2, -0.15) is 0 Å². The van der Waals surface area contributed by atoms with E-state index in [0.717, 1.165) is 17.5 Å². The minimum Gasteiger partial charge on any atom is -0.394 e. The summed E-state index contributed by atoms with van der Waals surface area (Å²) in [5, 5.41) is 9.94. The number of hydrogen-bond donors (Lipinski definition) is 1. The Labute approximate surface area is 182 Å². The number of carbonyl (C=O) groups is 2. The number of nitrogens with zero attached hydrogens (tertiary/aromatic N) is 4. The second kappa shape index (κ2) is 8.86. The Morgan fingerprint density at radius 1 is 1.26 bits per heavy atom. The summed E-state index contributed by atoms with van der Waals surface area (Å²) in [5.41, 5.74) is 2.21. The van der Waals surface area contributed by atoms with Gasteiger partial charge in [0, 0.05) is 36.8 Å². The largest absolute Gasteiger partial charge is 0.394 e. The van der Waals surface area contributed by atoms with E-state index in [0.29, 0.717) is 12.5 Å². The molecule has 0 aliphatic carbocycles. The molecule has 4 rings (SSSR count). The Morgan fingerprint density at radius 2 is 2.03 bits per heavy atom. The van der Waals surface area contributed by atoms with Crippen molar-refractivity contribution in [2.45, 2.75) is 38.3 Å². The van der Waals surface area contributed by atoms with Gasteiger partial charge < -0.3 is 14.9 Å². The fraction of sp³-hybridized carbons (Fsp3) is 0.417. The molecule has 2 aliphatic heterocycles. The Hall–Kier alpha value is -3.24. The number of aliphatic hydroxyl groups excluding tert-OH is 1. The van der Waals surface area contributed by atoms with Crippen LogP contribution in [0.15, 0.2) is 42.9 Å². The molecule has 3 heterocycles. The molecule has 0 spiro atoms. The highest BCUT2D eigenvalue weighted by Gasteiger charge is 2.54. The van der Waals surface area contributed by atoms with Gasteiger partial charge in [0.25, 0.3) is 5.91 Å². The number of aliphatic hydroxyl groups is 1. The number of carbonyl (C=O) groups excluding carboxylic acids is 2. The first-order valence-electron chi connectivity index (χ1n) is 10.6. The Balaban J connectivity index is 1.52. The quantitative estimate of drug-likeness (QED) is 0.764. The molecule has 3 atom stereocenters. The maximum Gasteiger partial charge on any atom is 0.274 e. The molecule has 160 valence electrons. The van der Waals surface area contributed by atoms with Crippen LogP contribution in [0.1, 0.15) is 47.8 Å². The van der Waals surface area contributed by atoms with Crippen molar-refractivity contribution in [2.24, 2.45) is 5.92 Å². The third-order valence-electron chi connectivity index (χ3n) is 5.86. The van der Waals surface area contributed by atoms with E-state index in [4.69, 9.17) is 0 Å². The number of fused-ring (bicyclic) bond motifs is 1. The van der Waals surface area contributed by atoms with Crippen molar-refractivity contribution < 1.29 is 14.7 Å². The Bertz CT molecular complexity index is 1010. The number of piperazine rings is 1. The molecule has 2 aliphatic rings. The van der Waals surface area contributed by atoms with E-state index in [-0.39, 0.29) is 48.7 Å². The van der Waals surface area contributed by atoms with E-state index < -0.39 is 0 Å². The summed E-state index contributed by atoms with van der Waals surface area (Å²) in [5.74, 6) is 6.40. The minimum atomic E-state index is -0.303. The van der Waals surface area contributed by atoms with E-state index in [1.807, 2.05) is 24.3 Å². The molecular formula is C24H26N4O3. The van der Waals surface area contributed by atoms with Gasteiger partial charge >= 0.3 is 0 Å². The average molecular weight is 418 g/mol. The van der Waals surface area contributed by atoms with Crippen LogP contribution in [0, 0.1) is 17.8 Å². The van der Waals surface area contributed by atoms with Crippen LogP contribution >= 0.6 is 0 Å². The zero-order valence-corrected chi connectivity index (χ0v) is 17.7. The van der Waals surface area contributed by atoms with E-state index in [1.165, 1.54) is 23.5 Å². The van der Waals surface area contributed by atoms with Crippen LogP contribution in [0.4, 0.5) is 0 Å². The maximum absolute atomic E-state index is 12.8. The van der Waals surface area contributed by atoms with E-state index in [9.17, 15) is 14.7 Å². The Morgan fingerprint density at radius 3 is 2.68 bits per heavy atom. The van der Waals surface area contributed by atoms with Crippen LogP contribution in [0.5, 0.6) is 0 Å². The van der Waals surface area contributed by atoms with Gasteiger partial charge in [0.05, 0.1) is 24.9 Å². The number of amides is 2. The molecule has 31 heavy (non-hydrogen) atoms. The molecule has 2 amide bonds. The molecular weight excluding hydrogens is 392 g/mol. The van der Waals surface area contributed by atoms with Crippen LogP contribution in [0.25, 0.3) is 0 Å². The van der Waals surface area contributed by atoms with Gasteiger partial charge in [-0.3, -0.25) is 14.6 Å². The topological polar surface area (TPSA) is 86.6 Å². The molecule has 7 heteroatoms. The van der Waals surface area contributed by atoms with Gasteiger partial charge in [0.15, 0.2) is 0 Å². The molecule has 2 saturated heterocycles. The second-order valence-corrected chi connectivity index (χ2v) is 8.44. The van der Waals surface area contributed by atoms with Crippen LogP contribution in [0.2, 0.25) is 0 Å². The smallest absolute Gasteiger partial charge is 0.274 e. The lowest BCUT2D eigenvalue weighted by Crippen LogP contribution is -2.73. The molecule has 0 saturated carbocycles. The number of aromatic nitrogens is 2. The van der Waals surface area contributed by atoms with Crippen molar-refractivity contribution in [1.82, 2.24) is 19.8 Å². The van der Waals surface area contributed by atoms with Gasteiger partial charge in [-0.15, -0.1) is 0 Å². The zero-order valence-electron chi connectivity index (χ0n) is 17.7. The van der Waals surface area contributed by atoms with Gasteiger partial charge in [0.2, 0.25) is 5.91 Å². The molecule has 7 nitrogen and oxygen atoms in total. The molecule has 0 bridgehead atoms. The SMILES string of the molecule is CC(C)CC#Cc1ccc([C@@H]2[C@@H](CO)N3C(=O)CN(C(=O)c4cnccn4)C[C@@H]23)cc1. The van der Waals surface area contributed by atoms with Crippen LogP contribution in [-0.2, 0) is 4.79 Å². The van der Waals surface area contributed by atoms with Crippen LogP contribution < -0.4 is 0 Å². The van der Waals surface area contributed by atoms with E-state index in [1.54, 1.807) is 4.90 Å². The first-order chi connectivity index (χ1) is 15.0. The highest BCUT2D eigenvalue weighted by Crippen LogP contribution is 2.43. The number of benzene rings is 1. The summed E-state index contributed by atoms with van der Waals surface area (Å²) in [7, 11) is 0. The minimum absolute atomic E-state index is 0.0144. The van der Waals surface area contributed by atoms with Crippen molar-refractivity contribution in [3.63, 3.8) is 0 Å². The summed E-state index contributed by atoms with van der Waals surface area (Å²) in [4.78, 5) is 36.8. The van der Waals surface area contributed by atoms with Crippen molar-refractivity contribution in [3.05, 3.63) is 59.7 Å². The van der Waals surface area contributed by atoms with E-state index >= 15 is 0 Å². The zero-order chi connectivity index (χ0) is 22.0. The lowest BCUT2D eigenvalue weighted by atomic mass is 9.73. The first kappa shape index (κ1) is 21.0. The molecule has 0 unspecified atom stereocenters. The first-order valence-corrected chi connectivity index (χ1v) is 10.6. The third-order valence-corrected chi connectivity index (χ3v) is 5.86. The highest BCUT2D eigenvalue weighted by atomic mass is 16.3. The number of rotatable bonds is 4. The lowest BCUT2D eigenvalue weighted by Gasteiger charge is -2.58. The van der Waals surface area contributed by atoms with Crippen molar-refractivity contribution in [1.29, 1.82) is 0 Å². The van der Waals surface area contributed by atoms with E-state index in [2.05, 4.69) is 35.7 Å². The third kappa shape index (κ3) is 4.17. The normalized spacial score (nSPS) is 22.5. The Kier molecular flexibility index (Phi) is 6.01. The predicted molar refractivity (Wildman–Crippen MR) is 115 cm³/mol. The maximum atomic E-state index is 12.8. The van der Waals surface area contributed by atoms with Crippen molar-refractivity contribution in [3.8, 4) is 11.8 Å². The van der Waals surface area contributed by atoms with Crippen LogP contribution in [-0.4, -0.2) is 68.5 Å². The molecule has 1 aromatic heterocycles. The van der Waals surface area contributed by atoms with Crippen molar-refractivity contribution in [2.75, 3.05) is 19.7 Å². The summed E-state index contributed by atoms with van der Waals surface area (Å²) in [6, 6.07) is 7.54. The fourth-order valence-corrected chi connectivity index (χ4v) is 4.37. The molecule has 2 fully saturated rings. The van der Waals surface area contributed by atoms with Gasteiger partial charge in [-0.05, 0) is 23.6 Å². The molecule has 2 aromatic rings. The molecule has 0 radical (unpaired) electrons. The number of hydrogen-bond acceptors (Lipinski definition) is 5. The summed E-state index contributed by atoms with van der Waals surface area (Å²) >= 11 is 0. The predicted octanol–water partition coefficient (Wildman–Crippen LogP) is 1.69. The molecule has 1 aromatic carbocycles. The fourth-order valence-electron chi connectivity index (χ4n) is 4.37. The summed E-state index contributed by atoms with van der Waals surface area (Å²) in [6.07, 6.45) is 5.23. The van der Waals surface area contributed by atoms with Crippen molar-refractivity contribution >= 4 is 11.8 Å². The average Bonchev–Trinajstić information content (AvgIpc) is 2.76. The summed E-state index contributed by atoms with van der Waals surface area (Å²) < 4.78 is 0. The second-order valence-electron chi connectivity index (χ2n) is 8.44. The van der Waals surface area contributed by atoms with Crippen LogP contribution in [0.3, 0.4) is 0 Å². The van der Waals surface area contributed by atoms with Gasteiger partial charge in [-0.25, -0.2) is 4.98 Å². The van der Waals surface area contributed by atoms with Gasteiger partial charge in [-0.1, -0.05) is 37.8 Å². The lowest BCUT2D eigenvalue weighted by molar-refractivity contribution is -0.159. The monoisotopic (exact) mass is 418 g/mol. The molecule has 1 N–H and O–H groups in total. The van der Waals surface area contributed by atoms with Gasteiger partial charge in [0.1, 0.15) is 12.2 Å². The standard InChI is InChI=1S/C24H26N4O3/c1-16(2)4-3-5-17-6-8-18(9-7-17)23-20-13-27(14-22(30)28(20)21(23)15-29)24(31)19-12-25-10-11-26-19/h6-12,16,20-21,23,29H,4,13-15H2,1-2H3/t20-,21+,23-/m0/s1. The highest BCUT2D eigenvalue weighted by molar-refractivity contribution is 5.95. The summed E-state index contributed by atoms with van der Waals surface area (Å²) in [6.45, 7) is 4.55.